The third-order valence-electron chi connectivity index (χ3n) is 3.59. The minimum atomic E-state index is -0.0858. The number of nitrogens with one attached hydrogen (secondary N) is 1. The fourth-order valence-electron chi connectivity index (χ4n) is 2.41. The number of anilines is 1. The summed E-state index contributed by atoms with van der Waals surface area (Å²) in [4.78, 5) is 24.7. The molecular weight excluding hydrogens is 360 g/mol. The van der Waals surface area contributed by atoms with Crippen molar-refractivity contribution in [2.75, 3.05) is 5.32 Å². The number of amides is 1. The average Bonchev–Trinajstić information content (AvgIpc) is 2.98. The normalized spacial score (nSPS) is 10.9. The Hall–Kier alpha value is -2.35. The van der Waals surface area contributed by atoms with Crippen molar-refractivity contribution in [3.8, 4) is 0 Å². The first-order valence-corrected chi connectivity index (χ1v) is 7.91. The van der Waals surface area contributed by atoms with Crippen LogP contribution in [-0.4, -0.2) is 30.5 Å². The molecule has 118 valence electrons. The van der Waals surface area contributed by atoms with E-state index in [2.05, 4.69) is 41.3 Å². The highest BCUT2D eigenvalue weighted by atomic mass is 79.9. The molecule has 0 radical (unpaired) electrons. The Balaban J connectivity index is 1.70. The van der Waals surface area contributed by atoms with E-state index in [1.165, 1.54) is 6.33 Å². The number of nitrogens with zero attached hydrogens (tertiary/aromatic N) is 5. The second kappa shape index (κ2) is 6.41. The molecule has 1 N–H and O–H groups in total. The summed E-state index contributed by atoms with van der Waals surface area (Å²) in [5.41, 5.74) is 2.85. The predicted octanol–water partition coefficient (Wildman–Crippen LogP) is 2.47. The molecule has 0 atom stereocenters. The molecule has 0 bridgehead atoms. The van der Waals surface area contributed by atoms with Gasteiger partial charge in [-0.2, -0.15) is 10.1 Å². The maximum atomic E-state index is 12.1. The number of carbonyl (C=O) groups is 1. The largest absolute Gasteiger partial charge is 0.311 e. The van der Waals surface area contributed by atoms with Gasteiger partial charge < -0.3 is 5.32 Å². The van der Waals surface area contributed by atoms with Gasteiger partial charge >= 0.3 is 0 Å². The van der Waals surface area contributed by atoms with Gasteiger partial charge in [0, 0.05) is 28.5 Å². The molecule has 0 aliphatic carbocycles. The molecule has 3 heterocycles. The summed E-state index contributed by atoms with van der Waals surface area (Å²) in [6.45, 7) is 3.88. The van der Waals surface area contributed by atoms with Crippen LogP contribution >= 0.6 is 15.9 Å². The Morgan fingerprint density at radius 2 is 2.13 bits per heavy atom. The minimum Gasteiger partial charge on any atom is -0.311 e. The van der Waals surface area contributed by atoms with Crippen molar-refractivity contribution in [2.45, 2.75) is 26.7 Å². The molecule has 3 rings (SSSR count). The zero-order chi connectivity index (χ0) is 16.4. The van der Waals surface area contributed by atoms with Gasteiger partial charge in [0.1, 0.15) is 12.1 Å². The molecule has 0 spiro atoms. The van der Waals surface area contributed by atoms with Crippen LogP contribution in [0.2, 0.25) is 0 Å². The molecule has 8 heteroatoms. The first kappa shape index (κ1) is 15.5. The van der Waals surface area contributed by atoms with Gasteiger partial charge in [-0.05, 0) is 53.9 Å². The van der Waals surface area contributed by atoms with Crippen LogP contribution in [-0.2, 0) is 11.2 Å². The highest BCUT2D eigenvalue weighted by molar-refractivity contribution is 9.10. The SMILES string of the molecule is Cc1nc2ncnn2c(C)c1CCC(=O)Nc1ccc(Br)cn1. The molecule has 7 nitrogen and oxygen atoms in total. The lowest BCUT2D eigenvalue weighted by Gasteiger charge is -2.10. The first-order chi connectivity index (χ1) is 11.0. The van der Waals surface area contributed by atoms with E-state index in [0.29, 0.717) is 24.4 Å². The molecule has 0 aliphatic rings. The molecule has 3 aromatic heterocycles. The minimum absolute atomic E-state index is 0.0858. The fourth-order valence-corrected chi connectivity index (χ4v) is 2.65. The third-order valence-corrected chi connectivity index (χ3v) is 4.05. The van der Waals surface area contributed by atoms with Crippen LogP contribution in [0.3, 0.4) is 0 Å². The van der Waals surface area contributed by atoms with Crippen LogP contribution in [0.25, 0.3) is 5.78 Å². The molecular formula is C15H15BrN6O. The molecule has 0 aromatic carbocycles. The Morgan fingerprint density at radius 1 is 1.30 bits per heavy atom. The van der Waals surface area contributed by atoms with E-state index in [1.54, 1.807) is 16.8 Å². The number of hydrogen-bond acceptors (Lipinski definition) is 5. The Labute approximate surface area is 141 Å². The zero-order valence-corrected chi connectivity index (χ0v) is 14.3. The fraction of sp³-hybridized carbons (Fsp3) is 0.267. The lowest BCUT2D eigenvalue weighted by atomic mass is 10.1. The van der Waals surface area contributed by atoms with Crippen molar-refractivity contribution >= 4 is 33.4 Å². The number of hydrogen-bond donors (Lipinski definition) is 1. The van der Waals surface area contributed by atoms with Gasteiger partial charge in [-0.3, -0.25) is 4.79 Å². The van der Waals surface area contributed by atoms with Crippen LogP contribution in [0.4, 0.5) is 5.82 Å². The van der Waals surface area contributed by atoms with Crippen LogP contribution < -0.4 is 5.32 Å². The second-order valence-electron chi connectivity index (χ2n) is 5.14. The molecule has 0 saturated heterocycles. The number of rotatable bonds is 4. The van der Waals surface area contributed by atoms with E-state index >= 15 is 0 Å². The maximum absolute atomic E-state index is 12.1. The molecule has 3 aromatic rings. The maximum Gasteiger partial charge on any atom is 0.252 e. The molecule has 0 saturated carbocycles. The molecule has 1 amide bonds. The summed E-state index contributed by atoms with van der Waals surface area (Å²) in [5.74, 6) is 1.03. The number of carbonyl (C=O) groups excluding carboxylic acids is 1. The standard InChI is InChI=1S/C15H15BrN6O/c1-9-12(10(2)22-15(20-9)18-8-19-22)4-6-14(23)21-13-5-3-11(16)7-17-13/h3,5,7-8H,4,6H2,1-2H3,(H,17,21,23). The smallest absolute Gasteiger partial charge is 0.252 e. The van der Waals surface area contributed by atoms with Crippen molar-refractivity contribution < 1.29 is 4.79 Å². The van der Waals surface area contributed by atoms with Gasteiger partial charge in [0.25, 0.3) is 5.78 Å². The summed E-state index contributed by atoms with van der Waals surface area (Å²) < 4.78 is 2.56. The van der Waals surface area contributed by atoms with E-state index in [0.717, 1.165) is 21.4 Å². The van der Waals surface area contributed by atoms with Gasteiger partial charge in [0.05, 0.1) is 0 Å². The Kier molecular flexibility index (Phi) is 4.33. The summed E-state index contributed by atoms with van der Waals surface area (Å²) in [6.07, 6.45) is 4.06. The van der Waals surface area contributed by atoms with Crippen molar-refractivity contribution in [1.29, 1.82) is 0 Å². The number of aryl methyl sites for hydroxylation is 2. The molecule has 0 unspecified atom stereocenters. The van der Waals surface area contributed by atoms with E-state index < -0.39 is 0 Å². The Morgan fingerprint density at radius 3 is 2.87 bits per heavy atom. The quantitative estimate of drug-likeness (QED) is 0.757. The Bertz CT molecular complexity index is 858. The number of fused-ring (bicyclic) bond motifs is 1. The highest BCUT2D eigenvalue weighted by Gasteiger charge is 2.12. The lowest BCUT2D eigenvalue weighted by molar-refractivity contribution is -0.116. The van der Waals surface area contributed by atoms with Crippen molar-refractivity contribution in [2.24, 2.45) is 0 Å². The van der Waals surface area contributed by atoms with Gasteiger partial charge in [0.2, 0.25) is 5.91 Å². The van der Waals surface area contributed by atoms with Crippen molar-refractivity contribution in [3.63, 3.8) is 0 Å². The van der Waals surface area contributed by atoms with Crippen molar-refractivity contribution in [3.05, 3.63) is 46.1 Å². The van der Waals surface area contributed by atoms with E-state index in [1.807, 2.05) is 19.9 Å². The third kappa shape index (κ3) is 3.37. The van der Waals surface area contributed by atoms with E-state index in [-0.39, 0.29) is 5.91 Å². The summed E-state index contributed by atoms with van der Waals surface area (Å²) in [7, 11) is 0. The second-order valence-corrected chi connectivity index (χ2v) is 6.06. The van der Waals surface area contributed by atoms with Gasteiger partial charge in [-0.15, -0.1) is 0 Å². The summed E-state index contributed by atoms with van der Waals surface area (Å²) >= 11 is 3.31. The van der Waals surface area contributed by atoms with Crippen LogP contribution in [0, 0.1) is 13.8 Å². The number of aromatic nitrogens is 5. The van der Waals surface area contributed by atoms with Crippen molar-refractivity contribution in [1.82, 2.24) is 24.6 Å². The summed E-state index contributed by atoms with van der Waals surface area (Å²) in [6, 6.07) is 3.58. The van der Waals surface area contributed by atoms with Gasteiger partial charge in [-0.25, -0.2) is 14.5 Å². The van der Waals surface area contributed by atoms with E-state index in [9.17, 15) is 4.79 Å². The molecule has 0 fully saturated rings. The topological polar surface area (TPSA) is 85.1 Å². The van der Waals surface area contributed by atoms with Gasteiger partial charge in [0.15, 0.2) is 0 Å². The van der Waals surface area contributed by atoms with Crippen LogP contribution in [0.5, 0.6) is 0 Å². The zero-order valence-electron chi connectivity index (χ0n) is 12.7. The van der Waals surface area contributed by atoms with E-state index in [4.69, 9.17) is 0 Å². The molecule has 23 heavy (non-hydrogen) atoms. The predicted molar refractivity (Wildman–Crippen MR) is 89.1 cm³/mol. The first-order valence-electron chi connectivity index (χ1n) is 7.12. The lowest BCUT2D eigenvalue weighted by Crippen LogP contribution is -2.15. The number of pyridine rings is 1. The monoisotopic (exact) mass is 374 g/mol. The average molecular weight is 375 g/mol. The van der Waals surface area contributed by atoms with Gasteiger partial charge in [-0.1, -0.05) is 0 Å². The van der Waals surface area contributed by atoms with Crippen LogP contribution in [0.15, 0.2) is 29.1 Å². The molecule has 0 aliphatic heterocycles. The van der Waals surface area contributed by atoms with Crippen LogP contribution in [0.1, 0.15) is 23.4 Å². The highest BCUT2D eigenvalue weighted by Crippen LogP contribution is 2.16. The number of halogens is 1. The summed E-state index contributed by atoms with van der Waals surface area (Å²) in [5, 5.41) is 6.94.